The molecule has 0 atom stereocenters. The summed E-state index contributed by atoms with van der Waals surface area (Å²) >= 11 is 6.02. The number of H-pyrrole nitrogens is 1. The molecule has 110 valence electrons. The van der Waals surface area contributed by atoms with E-state index in [2.05, 4.69) is 22.2 Å². The summed E-state index contributed by atoms with van der Waals surface area (Å²) in [6.07, 6.45) is 3.08. The summed E-state index contributed by atoms with van der Waals surface area (Å²) in [7, 11) is -2.91. The maximum atomic E-state index is 11.3. The smallest absolute Gasteiger partial charge is 0.151 e. The molecule has 2 N–H and O–H groups in total. The Morgan fingerprint density at radius 2 is 2.11 bits per heavy atom. The van der Waals surface area contributed by atoms with E-state index in [4.69, 9.17) is 11.6 Å². The Hall–Kier alpha value is -0.590. The van der Waals surface area contributed by atoms with Gasteiger partial charge in [-0.1, -0.05) is 31.9 Å². The molecule has 0 amide bonds. The summed E-state index contributed by atoms with van der Waals surface area (Å²) in [4.78, 5) is 7.42. The highest BCUT2D eigenvalue weighted by atomic mass is 35.5. The van der Waals surface area contributed by atoms with Gasteiger partial charge >= 0.3 is 0 Å². The molecule has 0 aliphatic carbocycles. The predicted molar refractivity (Wildman–Crippen MR) is 78.2 cm³/mol. The van der Waals surface area contributed by atoms with Crippen LogP contribution in [0.5, 0.6) is 0 Å². The number of aromatic nitrogens is 2. The number of unbranched alkanes of at least 4 members (excludes halogenated alkanes) is 1. The first-order valence-electron chi connectivity index (χ1n) is 6.63. The highest BCUT2D eigenvalue weighted by Crippen LogP contribution is 2.13. The predicted octanol–water partition coefficient (Wildman–Crippen LogP) is 1.93. The second kappa shape index (κ2) is 7.87. The number of halogens is 1. The Kier molecular flexibility index (Phi) is 6.82. The fraction of sp³-hybridized carbons (Fsp3) is 0.750. The standard InChI is InChI=1S/C12H22ClN3O2S/c1-3-5-6-11-15-10(12(13)16-11)9-14-7-8-19(17,18)4-2/h14H,3-9H2,1-2H3,(H,15,16). The quantitative estimate of drug-likeness (QED) is 0.684. The van der Waals surface area contributed by atoms with Crippen molar-refractivity contribution in [3.8, 4) is 0 Å². The lowest BCUT2D eigenvalue weighted by Crippen LogP contribution is -2.23. The van der Waals surface area contributed by atoms with Crippen molar-refractivity contribution in [2.24, 2.45) is 0 Å². The SMILES string of the molecule is CCCCc1nc(Cl)c(CNCCS(=O)(=O)CC)[nH]1. The molecule has 5 nitrogen and oxygen atoms in total. The number of hydrogen-bond donors (Lipinski definition) is 2. The summed E-state index contributed by atoms with van der Waals surface area (Å²) < 4.78 is 22.6. The van der Waals surface area contributed by atoms with Crippen molar-refractivity contribution >= 4 is 21.4 Å². The minimum absolute atomic E-state index is 0.151. The summed E-state index contributed by atoms with van der Waals surface area (Å²) in [5, 5.41) is 3.54. The van der Waals surface area contributed by atoms with E-state index in [1.54, 1.807) is 6.92 Å². The lowest BCUT2D eigenvalue weighted by molar-refractivity contribution is 0.591. The fourth-order valence-electron chi connectivity index (χ4n) is 1.60. The molecule has 1 rings (SSSR count). The second-order valence-electron chi connectivity index (χ2n) is 4.47. The van der Waals surface area contributed by atoms with Gasteiger partial charge in [0.2, 0.25) is 0 Å². The van der Waals surface area contributed by atoms with E-state index in [1.165, 1.54) is 0 Å². The molecule has 1 aromatic rings. The van der Waals surface area contributed by atoms with Crippen molar-refractivity contribution in [2.45, 2.75) is 39.7 Å². The number of nitrogens with one attached hydrogen (secondary N) is 2. The van der Waals surface area contributed by atoms with Gasteiger partial charge in [0.25, 0.3) is 0 Å². The van der Waals surface area contributed by atoms with E-state index in [1.807, 2.05) is 0 Å². The Morgan fingerprint density at radius 1 is 1.37 bits per heavy atom. The molecule has 1 aromatic heterocycles. The number of sulfone groups is 1. The Balaban J connectivity index is 2.39. The van der Waals surface area contributed by atoms with Gasteiger partial charge in [0, 0.05) is 25.3 Å². The third-order valence-electron chi connectivity index (χ3n) is 2.88. The molecule has 0 saturated heterocycles. The van der Waals surface area contributed by atoms with Gasteiger partial charge in [-0.15, -0.1) is 0 Å². The molecule has 19 heavy (non-hydrogen) atoms. The molecule has 1 heterocycles. The Morgan fingerprint density at radius 3 is 2.74 bits per heavy atom. The number of imidazole rings is 1. The van der Waals surface area contributed by atoms with Crippen LogP contribution in [0.3, 0.4) is 0 Å². The van der Waals surface area contributed by atoms with Crippen LogP contribution in [0.15, 0.2) is 0 Å². The number of hydrogen-bond acceptors (Lipinski definition) is 4. The largest absolute Gasteiger partial charge is 0.344 e. The highest BCUT2D eigenvalue weighted by Gasteiger charge is 2.09. The zero-order valence-electron chi connectivity index (χ0n) is 11.5. The van der Waals surface area contributed by atoms with E-state index >= 15 is 0 Å². The second-order valence-corrected chi connectivity index (χ2v) is 7.30. The van der Waals surface area contributed by atoms with Gasteiger partial charge in [-0.05, 0) is 6.42 Å². The Bertz CT molecular complexity index is 485. The van der Waals surface area contributed by atoms with Crippen molar-refractivity contribution in [3.63, 3.8) is 0 Å². The normalized spacial score (nSPS) is 11.9. The van der Waals surface area contributed by atoms with Gasteiger partial charge < -0.3 is 10.3 Å². The van der Waals surface area contributed by atoms with Crippen LogP contribution in [0, 0.1) is 0 Å². The third kappa shape index (κ3) is 5.93. The molecule has 7 heteroatoms. The maximum absolute atomic E-state index is 11.3. The van der Waals surface area contributed by atoms with Crippen molar-refractivity contribution in [2.75, 3.05) is 18.1 Å². The minimum atomic E-state index is -2.91. The zero-order chi connectivity index (χ0) is 14.3. The van der Waals surface area contributed by atoms with Crippen LogP contribution < -0.4 is 5.32 Å². The number of aromatic amines is 1. The van der Waals surface area contributed by atoms with Gasteiger partial charge in [0.05, 0.1) is 11.4 Å². The molecule has 0 bridgehead atoms. The van der Waals surface area contributed by atoms with Crippen molar-refractivity contribution in [1.29, 1.82) is 0 Å². The average molecular weight is 308 g/mol. The van der Waals surface area contributed by atoms with E-state index in [-0.39, 0.29) is 11.5 Å². The summed E-state index contributed by atoms with van der Waals surface area (Å²) in [5.74, 6) is 1.23. The topological polar surface area (TPSA) is 74.8 Å². The number of nitrogens with zero attached hydrogens (tertiary/aromatic N) is 1. The summed E-state index contributed by atoms with van der Waals surface area (Å²) in [5.41, 5.74) is 0.821. The van der Waals surface area contributed by atoms with Crippen LogP contribution in [0.4, 0.5) is 0 Å². The third-order valence-corrected chi connectivity index (χ3v) is 4.89. The van der Waals surface area contributed by atoms with Crippen molar-refractivity contribution in [1.82, 2.24) is 15.3 Å². The van der Waals surface area contributed by atoms with E-state index in [0.29, 0.717) is 18.2 Å². The molecule has 0 saturated carbocycles. The van der Waals surface area contributed by atoms with Crippen LogP contribution in [0.2, 0.25) is 5.15 Å². The number of aryl methyl sites for hydroxylation is 1. The first kappa shape index (κ1) is 16.5. The first-order chi connectivity index (χ1) is 8.98. The van der Waals surface area contributed by atoms with Crippen molar-refractivity contribution < 1.29 is 8.42 Å². The molecular weight excluding hydrogens is 286 g/mol. The maximum Gasteiger partial charge on any atom is 0.151 e. The average Bonchev–Trinajstić information content (AvgIpc) is 2.73. The minimum Gasteiger partial charge on any atom is -0.344 e. The van der Waals surface area contributed by atoms with Crippen LogP contribution in [0.1, 0.15) is 38.2 Å². The summed E-state index contributed by atoms with van der Waals surface area (Å²) in [6, 6.07) is 0. The van der Waals surface area contributed by atoms with E-state index in [9.17, 15) is 8.42 Å². The molecular formula is C12H22ClN3O2S. The zero-order valence-corrected chi connectivity index (χ0v) is 13.1. The van der Waals surface area contributed by atoms with Gasteiger partial charge in [-0.2, -0.15) is 0 Å². The fourth-order valence-corrected chi connectivity index (χ4v) is 2.56. The van der Waals surface area contributed by atoms with Gasteiger partial charge in [-0.3, -0.25) is 0 Å². The monoisotopic (exact) mass is 307 g/mol. The molecule has 0 aliphatic heterocycles. The van der Waals surface area contributed by atoms with Crippen LogP contribution >= 0.6 is 11.6 Å². The molecule has 0 radical (unpaired) electrons. The van der Waals surface area contributed by atoms with Crippen LogP contribution in [-0.4, -0.2) is 36.4 Å². The molecule has 0 fully saturated rings. The van der Waals surface area contributed by atoms with E-state index < -0.39 is 9.84 Å². The first-order valence-corrected chi connectivity index (χ1v) is 8.82. The molecule has 0 unspecified atom stereocenters. The lowest BCUT2D eigenvalue weighted by atomic mass is 10.2. The van der Waals surface area contributed by atoms with Gasteiger partial charge in [0.15, 0.2) is 15.0 Å². The van der Waals surface area contributed by atoms with Crippen LogP contribution in [-0.2, 0) is 22.8 Å². The summed E-state index contributed by atoms with van der Waals surface area (Å²) in [6.45, 7) is 4.72. The number of rotatable bonds is 9. The van der Waals surface area contributed by atoms with E-state index in [0.717, 1.165) is 30.8 Å². The lowest BCUT2D eigenvalue weighted by Gasteiger charge is -2.03. The molecule has 0 spiro atoms. The Labute approximate surface area is 120 Å². The van der Waals surface area contributed by atoms with Gasteiger partial charge in [-0.25, -0.2) is 13.4 Å². The van der Waals surface area contributed by atoms with Crippen molar-refractivity contribution in [3.05, 3.63) is 16.7 Å². The van der Waals surface area contributed by atoms with Gasteiger partial charge in [0.1, 0.15) is 5.82 Å². The highest BCUT2D eigenvalue weighted by molar-refractivity contribution is 7.91. The molecule has 0 aliphatic rings. The van der Waals surface area contributed by atoms with Crippen LogP contribution in [0.25, 0.3) is 0 Å². The molecule has 0 aromatic carbocycles.